The van der Waals surface area contributed by atoms with E-state index < -0.39 is 0 Å². The Labute approximate surface area is 117 Å². The maximum Gasteiger partial charge on any atom is 0.123 e. The summed E-state index contributed by atoms with van der Waals surface area (Å²) in [5, 5.41) is 3.29. The second kappa shape index (κ2) is 6.68. The van der Waals surface area contributed by atoms with Crippen LogP contribution in [0.3, 0.4) is 0 Å². The fraction of sp³-hybridized carbons (Fsp3) is 0.267. The topological polar surface area (TPSA) is 24.9 Å². The number of hydrogen-bond donors (Lipinski definition) is 1. The van der Waals surface area contributed by atoms with Crippen molar-refractivity contribution in [1.29, 1.82) is 0 Å². The summed E-state index contributed by atoms with van der Waals surface area (Å²) in [6.45, 7) is 2.04. The lowest BCUT2D eigenvalue weighted by atomic mass is 10.1. The predicted molar refractivity (Wildman–Crippen MR) is 77.9 cm³/mol. The van der Waals surface area contributed by atoms with E-state index >= 15 is 0 Å². The molecule has 0 spiro atoms. The Kier molecular flexibility index (Phi) is 4.93. The lowest BCUT2D eigenvalue weighted by molar-refractivity contribution is 0.626. The Morgan fingerprint density at radius 2 is 2.00 bits per heavy atom. The highest BCUT2D eigenvalue weighted by molar-refractivity contribution is 7.99. The molecule has 19 heavy (non-hydrogen) atoms. The smallest absolute Gasteiger partial charge is 0.123 e. The van der Waals surface area contributed by atoms with Crippen molar-refractivity contribution < 1.29 is 4.39 Å². The van der Waals surface area contributed by atoms with E-state index in [4.69, 9.17) is 0 Å². The van der Waals surface area contributed by atoms with E-state index in [9.17, 15) is 4.39 Å². The first-order valence-corrected chi connectivity index (χ1v) is 7.15. The second-order valence-corrected chi connectivity index (χ2v) is 5.50. The number of nitrogens with zero attached hydrogens (tertiary/aromatic N) is 1. The van der Waals surface area contributed by atoms with Crippen LogP contribution in [-0.2, 0) is 0 Å². The van der Waals surface area contributed by atoms with Gasteiger partial charge in [-0.2, -0.15) is 0 Å². The van der Waals surface area contributed by atoms with Gasteiger partial charge in [-0.15, -0.1) is 11.8 Å². The van der Waals surface area contributed by atoms with E-state index in [0.29, 0.717) is 0 Å². The molecule has 1 atom stereocenters. The van der Waals surface area contributed by atoms with E-state index in [-0.39, 0.29) is 11.9 Å². The Hall–Kier alpha value is -1.39. The molecule has 0 saturated heterocycles. The van der Waals surface area contributed by atoms with E-state index in [0.717, 1.165) is 16.2 Å². The van der Waals surface area contributed by atoms with Crippen LogP contribution in [0.15, 0.2) is 47.6 Å². The monoisotopic (exact) mass is 276 g/mol. The molecule has 2 nitrogen and oxygen atoms in total. The van der Waals surface area contributed by atoms with Crippen LogP contribution in [0.5, 0.6) is 0 Å². The van der Waals surface area contributed by atoms with Gasteiger partial charge in [-0.05, 0) is 49.4 Å². The molecule has 1 aromatic carbocycles. The van der Waals surface area contributed by atoms with Gasteiger partial charge in [0.2, 0.25) is 0 Å². The number of rotatable bonds is 5. The summed E-state index contributed by atoms with van der Waals surface area (Å²) in [4.78, 5) is 5.29. The average Bonchev–Trinajstić information content (AvgIpc) is 2.42. The first-order chi connectivity index (χ1) is 9.19. The fourth-order valence-electron chi connectivity index (χ4n) is 1.83. The maximum atomic E-state index is 12.8. The van der Waals surface area contributed by atoms with Gasteiger partial charge in [0.15, 0.2) is 0 Å². The normalized spacial score (nSPS) is 12.4. The van der Waals surface area contributed by atoms with Gasteiger partial charge in [0.25, 0.3) is 0 Å². The van der Waals surface area contributed by atoms with Crippen molar-refractivity contribution in [2.75, 3.05) is 12.8 Å². The number of benzene rings is 1. The molecule has 0 aliphatic heterocycles. The van der Waals surface area contributed by atoms with Crippen molar-refractivity contribution in [2.24, 2.45) is 0 Å². The zero-order valence-electron chi connectivity index (χ0n) is 11.1. The summed E-state index contributed by atoms with van der Waals surface area (Å²) in [6, 6.07) is 8.97. The summed E-state index contributed by atoms with van der Waals surface area (Å²) in [7, 11) is 1.94. The summed E-state index contributed by atoms with van der Waals surface area (Å²) < 4.78 is 12.8. The number of aromatic nitrogens is 1. The van der Waals surface area contributed by atoms with Crippen molar-refractivity contribution in [3.63, 3.8) is 0 Å². The second-order valence-electron chi connectivity index (χ2n) is 4.40. The SMILES string of the molecule is CNC(CSc1ccc(F)cc1)c1cncc(C)c1. The van der Waals surface area contributed by atoms with Crippen LogP contribution in [0.2, 0.25) is 0 Å². The molecule has 2 aromatic rings. The summed E-state index contributed by atoms with van der Waals surface area (Å²) in [5.74, 6) is 0.685. The van der Waals surface area contributed by atoms with Gasteiger partial charge in [-0.1, -0.05) is 6.07 Å². The highest BCUT2D eigenvalue weighted by Crippen LogP contribution is 2.24. The lowest BCUT2D eigenvalue weighted by Gasteiger charge is -2.16. The number of nitrogens with one attached hydrogen (secondary N) is 1. The van der Waals surface area contributed by atoms with Crippen LogP contribution < -0.4 is 5.32 Å². The average molecular weight is 276 g/mol. The molecule has 2 rings (SSSR count). The van der Waals surface area contributed by atoms with Gasteiger partial charge in [-0.3, -0.25) is 4.98 Å². The molecule has 1 heterocycles. The molecule has 1 N–H and O–H groups in total. The van der Waals surface area contributed by atoms with Crippen LogP contribution in [-0.4, -0.2) is 17.8 Å². The molecule has 0 amide bonds. The van der Waals surface area contributed by atoms with Crippen molar-refractivity contribution >= 4 is 11.8 Å². The van der Waals surface area contributed by atoms with Crippen LogP contribution in [0.1, 0.15) is 17.2 Å². The first-order valence-electron chi connectivity index (χ1n) is 6.16. The number of halogens is 1. The molecule has 4 heteroatoms. The molecule has 1 unspecified atom stereocenters. The Morgan fingerprint density at radius 1 is 1.26 bits per heavy atom. The third-order valence-corrected chi connectivity index (χ3v) is 3.98. The van der Waals surface area contributed by atoms with Gasteiger partial charge >= 0.3 is 0 Å². The van der Waals surface area contributed by atoms with Gasteiger partial charge in [0.05, 0.1) is 0 Å². The van der Waals surface area contributed by atoms with Crippen LogP contribution >= 0.6 is 11.8 Å². The Bertz CT molecular complexity index is 528. The Balaban J connectivity index is 2.01. The maximum absolute atomic E-state index is 12.8. The van der Waals surface area contributed by atoms with Crippen LogP contribution in [0, 0.1) is 12.7 Å². The minimum absolute atomic E-state index is 0.197. The standard InChI is InChI=1S/C15H17FN2S/c1-11-7-12(9-18-8-11)15(17-2)10-19-14-5-3-13(16)4-6-14/h3-9,15,17H,10H2,1-2H3. The van der Waals surface area contributed by atoms with Gasteiger partial charge in [-0.25, -0.2) is 4.39 Å². The lowest BCUT2D eigenvalue weighted by Crippen LogP contribution is -2.19. The van der Waals surface area contributed by atoms with Crippen molar-refractivity contribution in [1.82, 2.24) is 10.3 Å². The molecular formula is C15H17FN2S. The van der Waals surface area contributed by atoms with Crippen molar-refractivity contribution in [2.45, 2.75) is 17.9 Å². The molecular weight excluding hydrogens is 259 g/mol. The number of thioether (sulfide) groups is 1. The van der Waals surface area contributed by atoms with E-state index in [1.165, 1.54) is 17.7 Å². The molecule has 0 bridgehead atoms. The molecule has 0 fully saturated rings. The van der Waals surface area contributed by atoms with E-state index in [2.05, 4.69) is 16.4 Å². The van der Waals surface area contributed by atoms with E-state index in [1.807, 2.05) is 26.4 Å². The zero-order chi connectivity index (χ0) is 13.7. The van der Waals surface area contributed by atoms with E-state index in [1.54, 1.807) is 23.9 Å². The molecule has 0 radical (unpaired) electrons. The summed E-state index contributed by atoms with van der Waals surface area (Å²) in [6.07, 6.45) is 3.74. The first kappa shape index (κ1) is 14.0. The largest absolute Gasteiger partial charge is 0.312 e. The summed E-state index contributed by atoms with van der Waals surface area (Å²) >= 11 is 1.71. The fourth-order valence-corrected chi connectivity index (χ4v) is 2.87. The zero-order valence-corrected chi connectivity index (χ0v) is 11.9. The number of pyridine rings is 1. The quantitative estimate of drug-likeness (QED) is 0.845. The highest BCUT2D eigenvalue weighted by atomic mass is 32.2. The molecule has 100 valence electrons. The highest BCUT2D eigenvalue weighted by Gasteiger charge is 2.10. The van der Waals surface area contributed by atoms with Crippen molar-refractivity contribution in [3.8, 4) is 0 Å². The number of aryl methyl sites for hydroxylation is 1. The third-order valence-electron chi connectivity index (χ3n) is 2.88. The third kappa shape index (κ3) is 4.04. The molecule has 1 aromatic heterocycles. The molecule has 0 aliphatic rings. The minimum atomic E-state index is -0.197. The van der Waals surface area contributed by atoms with Gasteiger partial charge in [0, 0.05) is 29.1 Å². The van der Waals surface area contributed by atoms with Gasteiger partial charge < -0.3 is 5.32 Å². The number of hydrogen-bond acceptors (Lipinski definition) is 3. The Morgan fingerprint density at radius 3 is 2.63 bits per heavy atom. The molecule has 0 saturated carbocycles. The van der Waals surface area contributed by atoms with Crippen molar-refractivity contribution in [3.05, 3.63) is 59.7 Å². The molecule has 0 aliphatic carbocycles. The summed E-state index contributed by atoms with van der Waals surface area (Å²) in [5.41, 5.74) is 2.33. The minimum Gasteiger partial charge on any atom is -0.312 e. The van der Waals surface area contributed by atoms with Crippen LogP contribution in [0.25, 0.3) is 0 Å². The van der Waals surface area contributed by atoms with Crippen LogP contribution in [0.4, 0.5) is 4.39 Å². The van der Waals surface area contributed by atoms with Gasteiger partial charge in [0.1, 0.15) is 5.82 Å². The predicted octanol–water partition coefficient (Wildman–Crippen LogP) is 3.58.